The van der Waals surface area contributed by atoms with Gasteiger partial charge in [-0.1, -0.05) is 40.5 Å². The predicted octanol–water partition coefficient (Wildman–Crippen LogP) is 4.36. The Morgan fingerprint density at radius 2 is 1.77 bits per heavy atom. The Morgan fingerprint density at radius 3 is 2.15 bits per heavy atom. The highest BCUT2D eigenvalue weighted by atomic mass is 28.4. The summed E-state index contributed by atoms with van der Waals surface area (Å²) in [6.07, 6.45) is 3.59. The van der Waals surface area contributed by atoms with Crippen LogP contribution in [0.3, 0.4) is 0 Å². The van der Waals surface area contributed by atoms with Crippen LogP contribution in [0.5, 0.6) is 0 Å². The zero-order valence-electron chi connectivity index (χ0n) is 10.1. The highest BCUT2D eigenvalue weighted by Gasteiger charge is 2.36. The molecule has 0 bridgehead atoms. The highest BCUT2D eigenvalue weighted by Crippen LogP contribution is 2.37. The third-order valence-electron chi connectivity index (χ3n) is 2.86. The van der Waals surface area contributed by atoms with Gasteiger partial charge in [-0.25, -0.2) is 0 Å². The number of rotatable bonds is 5. The lowest BCUT2D eigenvalue weighted by Gasteiger charge is -2.35. The Bertz CT molecular complexity index is 136. The van der Waals surface area contributed by atoms with E-state index >= 15 is 0 Å². The van der Waals surface area contributed by atoms with Crippen LogP contribution in [-0.2, 0) is 4.43 Å². The van der Waals surface area contributed by atoms with E-state index in [1.54, 1.807) is 0 Å². The van der Waals surface area contributed by atoms with Crippen LogP contribution < -0.4 is 0 Å². The lowest BCUT2D eigenvalue weighted by Crippen LogP contribution is -2.39. The second-order valence-electron chi connectivity index (χ2n) is 5.19. The molecule has 0 N–H and O–H groups in total. The molecule has 0 saturated carbocycles. The fourth-order valence-electron chi connectivity index (χ4n) is 0.731. The van der Waals surface area contributed by atoms with Crippen molar-refractivity contribution in [3.63, 3.8) is 0 Å². The second-order valence-corrected chi connectivity index (χ2v) is 9.94. The fourth-order valence-corrected chi connectivity index (χ4v) is 1.62. The third kappa shape index (κ3) is 4.82. The first-order valence-corrected chi connectivity index (χ1v) is 8.21. The Kier molecular flexibility index (Phi) is 5.23. The molecule has 0 unspecified atom stereocenters. The molecule has 1 nitrogen and oxygen atoms in total. The molecule has 0 heterocycles. The van der Waals surface area contributed by atoms with Crippen LogP contribution in [0.2, 0.25) is 18.1 Å². The molecule has 0 saturated heterocycles. The van der Waals surface area contributed by atoms with Crippen LogP contribution in [0.1, 0.15) is 47.0 Å². The van der Waals surface area contributed by atoms with E-state index in [1.807, 2.05) is 6.61 Å². The summed E-state index contributed by atoms with van der Waals surface area (Å²) in [5.74, 6) is 0. The van der Waals surface area contributed by atoms with Crippen molar-refractivity contribution in [3.8, 4) is 0 Å². The van der Waals surface area contributed by atoms with E-state index in [1.165, 1.54) is 12.8 Å². The molecule has 0 fully saturated rings. The molecule has 0 aliphatic heterocycles. The average molecular weight is 201 g/mol. The van der Waals surface area contributed by atoms with Gasteiger partial charge < -0.3 is 4.43 Å². The maximum atomic E-state index is 5.91. The van der Waals surface area contributed by atoms with Gasteiger partial charge in [-0.15, -0.1) is 0 Å². The molecule has 0 aromatic carbocycles. The molecule has 13 heavy (non-hydrogen) atoms. The van der Waals surface area contributed by atoms with E-state index in [9.17, 15) is 0 Å². The summed E-state index contributed by atoms with van der Waals surface area (Å²) in [6, 6.07) is 0. The standard InChI is InChI=1S/C11H25OSi/c1-7-8-9-10-12-13(5,6)11(2,3)4/h10H,7-9H2,1-6H3. The smallest absolute Gasteiger partial charge is 0.192 e. The number of hydrogen-bond acceptors (Lipinski definition) is 1. The van der Waals surface area contributed by atoms with Crippen molar-refractivity contribution < 1.29 is 4.43 Å². The summed E-state index contributed by atoms with van der Waals surface area (Å²) >= 11 is 0. The van der Waals surface area contributed by atoms with Crippen LogP contribution in [0.15, 0.2) is 0 Å². The monoisotopic (exact) mass is 201 g/mol. The third-order valence-corrected chi connectivity index (χ3v) is 7.23. The van der Waals surface area contributed by atoms with Gasteiger partial charge in [0.15, 0.2) is 8.32 Å². The molecule has 0 spiro atoms. The minimum absolute atomic E-state index is 0.329. The number of hydrogen-bond donors (Lipinski definition) is 0. The van der Waals surface area contributed by atoms with Crippen molar-refractivity contribution >= 4 is 8.32 Å². The molecule has 0 atom stereocenters. The van der Waals surface area contributed by atoms with Crippen LogP contribution >= 0.6 is 0 Å². The minimum atomic E-state index is -1.51. The van der Waals surface area contributed by atoms with Gasteiger partial charge in [0.1, 0.15) is 0 Å². The van der Waals surface area contributed by atoms with Gasteiger partial charge in [0.2, 0.25) is 0 Å². The van der Waals surface area contributed by atoms with E-state index in [-0.39, 0.29) is 0 Å². The first-order chi connectivity index (χ1) is 5.81. The molecule has 2 heteroatoms. The zero-order chi connectivity index (χ0) is 10.5. The van der Waals surface area contributed by atoms with Crippen molar-refractivity contribution in [3.05, 3.63) is 6.61 Å². The van der Waals surface area contributed by atoms with E-state index in [4.69, 9.17) is 4.43 Å². The first-order valence-electron chi connectivity index (χ1n) is 5.31. The van der Waals surface area contributed by atoms with Crippen LogP contribution in [0.4, 0.5) is 0 Å². The van der Waals surface area contributed by atoms with Crippen LogP contribution in [0.25, 0.3) is 0 Å². The van der Waals surface area contributed by atoms with E-state index in [0.717, 1.165) is 6.42 Å². The Hall–Kier alpha value is 0.177. The summed E-state index contributed by atoms with van der Waals surface area (Å²) in [6.45, 7) is 15.6. The first kappa shape index (κ1) is 13.2. The van der Waals surface area contributed by atoms with Gasteiger partial charge in [0.05, 0.1) is 6.61 Å². The fraction of sp³-hybridized carbons (Fsp3) is 0.909. The second kappa shape index (κ2) is 5.16. The Balaban J connectivity index is 3.77. The average Bonchev–Trinajstić information content (AvgIpc) is 1.96. The lowest BCUT2D eigenvalue weighted by atomic mass is 10.2. The van der Waals surface area contributed by atoms with Crippen LogP contribution in [-0.4, -0.2) is 8.32 Å². The van der Waals surface area contributed by atoms with Gasteiger partial charge in [0, 0.05) is 0 Å². The zero-order valence-corrected chi connectivity index (χ0v) is 11.1. The molecular weight excluding hydrogens is 176 g/mol. The summed E-state index contributed by atoms with van der Waals surface area (Å²) in [4.78, 5) is 0. The van der Waals surface area contributed by atoms with Crippen molar-refractivity contribution in [2.24, 2.45) is 0 Å². The molecule has 79 valence electrons. The summed E-state index contributed by atoms with van der Waals surface area (Å²) in [5, 5.41) is 0.329. The predicted molar refractivity (Wildman–Crippen MR) is 62.1 cm³/mol. The summed E-state index contributed by atoms with van der Waals surface area (Å²) in [5.41, 5.74) is 0. The Labute approximate surface area is 85.0 Å². The van der Waals surface area contributed by atoms with Gasteiger partial charge in [-0.3, -0.25) is 0 Å². The number of unbranched alkanes of at least 4 members (excludes halogenated alkanes) is 2. The maximum Gasteiger partial charge on any atom is 0.192 e. The molecular formula is C11H25OSi. The van der Waals surface area contributed by atoms with Gasteiger partial charge in [-0.05, 0) is 24.6 Å². The van der Waals surface area contributed by atoms with Crippen molar-refractivity contribution in [2.45, 2.75) is 65.1 Å². The maximum absolute atomic E-state index is 5.91. The molecule has 0 amide bonds. The van der Waals surface area contributed by atoms with Crippen molar-refractivity contribution in [1.82, 2.24) is 0 Å². The summed E-state index contributed by atoms with van der Waals surface area (Å²) in [7, 11) is -1.51. The van der Waals surface area contributed by atoms with Gasteiger partial charge in [0.25, 0.3) is 0 Å². The molecule has 0 rings (SSSR count). The van der Waals surface area contributed by atoms with Gasteiger partial charge >= 0.3 is 0 Å². The van der Waals surface area contributed by atoms with E-state index in [0.29, 0.717) is 5.04 Å². The van der Waals surface area contributed by atoms with Crippen molar-refractivity contribution in [1.29, 1.82) is 0 Å². The van der Waals surface area contributed by atoms with Crippen molar-refractivity contribution in [2.75, 3.05) is 0 Å². The molecule has 0 aromatic rings. The lowest BCUT2D eigenvalue weighted by molar-refractivity contribution is 0.351. The minimum Gasteiger partial charge on any atom is -0.411 e. The topological polar surface area (TPSA) is 9.23 Å². The quantitative estimate of drug-likeness (QED) is 0.474. The SMILES string of the molecule is CCCC[CH]O[Si](C)(C)C(C)(C)C. The van der Waals surface area contributed by atoms with Gasteiger partial charge in [-0.2, -0.15) is 0 Å². The normalized spacial score (nSPS) is 13.4. The molecule has 0 aliphatic rings. The molecule has 0 aliphatic carbocycles. The Morgan fingerprint density at radius 1 is 1.23 bits per heavy atom. The molecule has 1 radical (unpaired) electrons. The van der Waals surface area contributed by atoms with E-state index in [2.05, 4.69) is 40.8 Å². The van der Waals surface area contributed by atoms with E-state index < -0.39 is 8.32 Å². The largest absolute Gasteiger partial charge is 0.411 e. The summed E-state index contributed by atoms with van der Waals surface area (Å²) < 4.78 is 5.91. The van der Waals surface area contributed by atoms with Crippen LogP contribution in [0, 0.1) is 6.61 Å². The molecule has 0 aromatic heterocycles. The highest BCUT2D eigenvalue weighted by molar-refractivity contribution is 6.74.